The van der Waals surface area contributed by atoms with Crippen LogP contribution in [0.5, 0.6) is 0 Å². The molecule has 4 heteroatoms. The SMILES string of the molecule is Nc1ccc(NC2(CO)CCCC2)c2cnccc12. The van der Waals surface area contributed by atoms with Gasteiger partial charge in [0.25, 0.3) is 0 Å². The Balaban J connectivity index is 2.03. The predicted octanol–water partition coefficient (Wildman–Crippen LogP) is 2.53. The summed E-state index contributed by atoms with van der Waals surface area (Å²) in [5, 5.41) is 15.3. The van der Waals surface area contributed by atoms with Crippen LogP contribution < -0.4 is 11.1 Å². The van der Waals surface area contributed by atoms with Crippen molar-refractivity contribution in [1.82, 2.24) is 4.98 Å². The highest BCUT2D eigenvalue weighted by atomic mass is 16.3. The van der Waals surface area contributed by atoms with Gasteiger partial charge in [0.15, 0.2) is 0 Å². The lowest BCUT2D eigenvalue weighted by Gasteiger charge is -2.30. The average Bonchev–Trinajstić information content (AvgIpc) is 2.92. The van der Waals surface area contributed by atoms with E-state index < -0.39 is 0 Å². The molecule has 0 saturated heterocycles. The van der Waals surface area contributed by atoms with E-state index in [1.54, 1.807) is 6.20 Å². The molecule has 0 bridgehead atoms. The number of aliphatic hydroxyl groups excluding tert-OH is 1. The van der Waals surface area contributed by atoms with E-state index in [2.05, 4.69) is 10.3 Å². The molecule has 3 rings (SSSR count). The summed E-state index contributed by atoms with van der Waals surface area (Å²) in [6.45, 7) is 0.166. The van der Waals surface area contributed by atoms with Crippen molar-refractivity contribution in [3.8, 4) is 0 Å². The van der Waals surface area contributed by atoms with Crippen LogP contribution >= 0.6 is 0 Å². The van der Waals surface area contributed by atoms with E-state index in [4.69, 9.17) is 5.73 Å². The largest absolute Gasteiger partial charge is 0.398 e. The fraction of sp³-hybridized carbons (Fsp3) is 0.400. The van der Waals surface area contributed by atoms with E-state index >= 15 is 0 Å². The number of anilines is 2. The minimum atomic E-state index is -0.182. The molecule has 1 aromatic carbocycles. The summed E-state index contributed by atoms with van der Waals surface area (Å²) >= 11 is 0. The first kappa shape index (κ1) is 12.2. The van der Waals surface area contributed by atoms with Gasteiger partial charge in [-0.2, -0.15) is 0 Å². The molecule has 1 aliphatic carbocycles. The fourth-order valence-corrected chi connectivity index (χ4v) is 2.98. The lowest BCUT2D eigenvalue weighted by molar-refractivity contribution is 0.214. The van der Waals surface area contributed by atoms with Crippen LogP contribution in [0.1, 0.15) is 25.7 Å². The minimum Gasteiger partial charge on any atom is -0.398 e. The molecular weight excluding hydrogens is 238 g/mol. The van der Waals surface area contributed by atoms with Crippen molar-refractivity contribution in [2.45, 2.75) is 31.2 Å². The highest BCUT2D eigenvalue weighted by molar-refractivity contribution is 6.00. The second-order valence-electron chi connectivity index (χ2n) is 5.39. The smallest absolute Gasteiger partial charge is 0.0661 e. The Hall–Kier alpha value is -1.81. The number of rotatable bonds is 3. The van der Waals surface area contributed by atoms with Crippen LogP contribution in [0.3, 0.4) is 0 Å². The number of fused-ring (bicyclic) bond motifs is 1. The number of nitrogens with one attached hydrogen (secondary N) is 1. The number of nitrogen functional groups attached to an aromatic ring is 1. The molecule has 1 saturated carbocycles. The van der Waals surface area contributed by atoms with Gasteiger partial charge in [-0.25, -0.2) is 0 Å². The van der Waals surface area contributed by atoms with Crippen molar-refractivity contribution in [1.29, 1.82) is 0 Å². The van der Waals surface area contributed by atoms with E-state index in [-0.39, 0.29) is 12.1 Å². The van der Waals surface area contributed by atoms with E-state index in [1.165, 1.54) is 12.8 Å². The van der Waals surface area contributed by atoms with Crippen molar-refractivity contribution in [2.24, 2.45) is 0 Å². The molecule has 0 amide bonds. The highest BCUT2D eigenvalue weighted by Crippen LogP contribution is 2.36. The van der Waals surface area contributed by atoms with Gasteiger partial charge in [0.2, 0.25) is 0 Å². The molecule has 0 radical (unpaired) electrons. The topological polar surface area (TPSA) is 71.2 Å². The maximum absolute atomic E-state index is 9.70. The summed E-state index contributed by atoms with van der Waals surface area (Å²) in [4.78, 5) is 4.18. The van der Waals surface area contributed by atoms with Crippen LogP contribution in [-0.4, -0.2) is 22.2 Å². The maximum Gasteiger partial charge on any atom is 0.0661 e. The standard InChI is InChI=1S/C15H19N3O/c16-13-3-4-14(12-9-17-8-5-11(12)13)18-15(10-19)6-1-2-7-15/h3-5,8-9,18-19H,1-2,6-7,10,16H2. The number of nitrogens with two attached hydrogens (primary N) is 1. The monoisotopic (exact) mass is 257 g/mol. The molecule has 2 aromatic rings. The van der Waals surface area contributed by atoms with Crippen LogP contribution in [0.25, 0.3) is 10.8 Å². The van der Waals surface area contributed by atoms with Crippen molar-refractivity contribution in [3.05, 3.63) is 30.6 Å². The van der Waals surface area contributed by atoms with Gasteiger partial charge in [-0.3, -0.25) is 4.98 Å². The summed E-state index contributed by atoms with van der Waals surface area (Å²) in [7, 11) is 0. The Bertz CT molecular complexity index is 591. The van der Waals surface area contributed by atoms with Gasteiger partial charge < -0.3 is 16.2 Å². The third kappa shape index (κ3) is 2.12. The first-order chi connectivity index (χ1) is 9.24. The van der Waals surface area contributed by atoms with Gasteiger partial charge in [-0.05, 0) is 31.0 Å². The molecule has 0 spiro atoms. The van der Waals surface area contributed by atoms with Crippen molar-refractivity contribution >= 4 is 22.1 Å². The van der Waals surface area contributed by atoms with Crippen LogP contribution in [0.2, 0.25) is 0 Å². The molecule has 4 nitrogen and oxygen atoms in total. The van der Waals surface area contributed by atoms with Gasteiger partial charge in [-0.1, -0.05) is 12.8 Å². The molecule has 4 N–H and O–H groups in total. The summed E-state index contributed by atoms with van der Waals surface area (Å²) in [5.74, 6) is 0. The molecule has 1 aromatic heterocycles. The second kappa shape index (κ2) is 4.70. The minimum absolute atomic E-state index is 0.166. The van der Waals surface area contributed by atoms with Gasteiger partial charge in [-0.15, -0.1) is 0 Å². The van der Waals surface area contributed by atoms with Crippen molar-refractivity contribution in [3.63, 3.8) is 0 Å². The summed E-state index contributed by atoms with van der Waals surface area (Å²) in [6, 6.07) is 5.82. The Morgan fingerprint density at radius 3 is 2.74 bits per heavy atom. The number of aliphatic hydroxyl groups is 1. The third-order valence-corrected chi connectivity index (χ3v) is 4.11. The Labute approximate surface area is 112 Å². The van der Waals surface area contributed by atoms with Crippen LogP contribution in [0, 0.1) is 0 Å². The van der Waals surface area contributed by atoms with Crippen molar-refractivity contribution in [2.75, 3.05) is 17.7 Å². The zero-order valence-electron chi connectivity index (χ0n) is 10.9. The van der Waals surface area contributed by atoms with Gasteiger partial charge in [0.05, 0.1) is 12.1 Å². The molecule has 0 atom stereocenters. The number of aromatic nitrogens is 1. The molecule has 1 fully saturated rings. The molecule has 1 aliphatic rings. The number of nitrogens with zero attached hydrogens (tertiary/aromatic N) is 1. The van der Waals surface area contributed by atoms with E-state index in [1.807, 2.05) is 24.4 Å². The fourth-order valence-electron chi connectivity index (χ4n) is 2.98. The lowest BCUT2D eigenvalue weighted by atomic mass is 9.97. The van der Waals surface area contributed by atoms with Crippen LogP contribution in [0.4, 0.5) is 11.4 Å². The first-order valence-corrected chi connectivity index (χ1v) is 6.75. The van der Waals surface area contributed by atoms with E-state index in [0.29, 0.717) is 0 Å². The molecule has 1 heterocycles. The third-order valence-electron chi connectivity index (χ3n) is 4.11. The molecule has 19 heavy (non-hydrogen) atoms. The van der Waals surface area contributed by atoms with Crippen molar-refractivity contribution < 1.29 is 5.11 Å². The van der Waals surface area contributed by atoms with Gasteiger partial charge in [0.1, 0.15) is 0 Å². The average molecular weight is 257 g/mol. The zero-order chi connectivity index (χ0) is 13.3. The molecular formula is C15H19N3O. The molecule has 0 aliphatic heterocycles. The van der Waals surface area contributed by atoms with Crippen LogP contribution in [-0.2, 0) is 0 Å². The van der Waals surface area contributed by atoms with Gasteiger partial charge >= 0.3 is 0 Å². The van der Waals surface area contributed by atoms with E-state index in [9.17, 15) is 5.11 Å². The maximum atomic E-state index is 9.70. The predicted molar refractivity (Wildman–Crippen MR) is 78.1 cm³/mol. The number of benzene rings is 1. The highest BCUT2D eigenvalue weighted by Gasteiger charge is 2.33. The summed E-state index contributed by atoms with van der Waals surface area (Å²) < 4.78 is 0. The zero-order valence-corrected chi connectivity index (χ0v) is 10.9. The number of hydrogen-bond acceptors (Lipinski definition) is 4. The molecule has 100 valence electrons. The Morgan fingerprint density at radius 2 is 2.00 bits per heavy atom. The van der Waals surface area contributed by atoms with E-state index in [0.717, 1.165) is 35.0 Å². The van der Waals surface area contributed by atoms with Gasteiger partial charge in [0, 0.05) is 34.5 Å². The van der Waals surface area contributed by atoms with Crippen LogP contribution in [0.15, 0.2) is 30.6 Å². The summed E-state index contributed by atoms with van der Waals surface area (Å²) in [5.41, 5.74) is 7.58. The quantitative estimate of drug-likeness (QED) is 0.739. The second-order valence-corrected chi connectivity index (χ2v) is 5.39. The number of hydrogen-bond donors (Lipinski definition) is 3. The first-order valence-electron chi connectivity index (χ1n) is 6.75. The Kier molecular flexibility index (Phi) is 3.03. The normalized spacial score (nSPS) is 17.7. The lowest BCUT2D eigenvalue weighted by Crippen LogP contribution is -2.39. The molecule has 0 unspecified atom stereocenters. The number of pyridine rings is 1. The Morgan fingerprint density at radius 1 is 1.21 bits per heavy atom. The summed E-state index contributed by atoms with van der Waals surface area (Å²) in [6.07, 6.45) is 7.93.